The van der Waals surface area contributed by atoms with Gasteiger partial charge in [-0.3, -0.25) is 14.8 Å². The second-order valence-electron chi connectivity index (χ2n) is 4.02. The maximum Gasteiger partial charge on any atom is 0.0507 e. The van der Waals surface area contributed by atoms with Crippen LogP contribution in [-0.2, 0) is 6.54 Å². The van der Waals surface area contributed by atoms with Gasteiger partial charge in [-0.25, -0.2) is 0 Å². The summed E-state index contributed by atoms with van der Waals surface area (Å²) in [5, 5.41) is 0. The first kappa shape index (κ1) is 9.62. The van der Waals surface area contributed by atoms with E-state index in [0.29, 0.717) is 0 Å². The van der Waals surface area contributed by atoms with Crippen molar-refractivity contribution in [1.29, 1.82) is 0 Å². The number of nitrogens with zero attached hydrogens (tertiary/aromatic N) is 3. The highest BCUT2D eigenvalue weighted by Gasteiger charge is 2.16. The van der Waals surface area contributed by atoms with Crippen molar-refractivity contribution in [3.63, 3.8) is 0 Å². The first-order chi connectivity index (χ1) is 6.75. The number of aryl methyl sites for hydroxylation is 1. The van der Waals surface area contributed by atoms with E-state index >= 15 is 0 Å². The lowest BCUT2D eigenvalue weighted by Crippen LogP contribution is -2.23. The molecule has 0 N–H and O–H groups in total. The fourth-order valence-electron chi connectivity index (χ4n) is 1.85. The second kappa shape index (κ2) is 4.07. The number of rotatable bonds is 2. The number of pyridine rings is 1. The van der Waals surface area contributed by atoms with Gasteiger partial charge in [-0.2, -0.15) is 0 Å². The van der Waals surface area contributed by atoms with Crippen molar-refractivity contribution < 1.29 is 0 Å². The van der Waals surface area contributed by atoms with Crippen molar-refractivity contribution in [2.45, 2.75) is 13.5 Å². The van der Waals surface area contributed by atoms with E-state index in [2.05, 4.69) is 34.8 Å². The van der Waals surface area contributed by atoms with E-state index < -0.39 is 0 Å². The minimum atomic E-state index is 1.03. The Hall–Kier alpha value is -0.930. The molecule has 0 aliphatic carbocycles. The molecule has 0 spiro atoms. The van der Waals surface area contributed by atoms with Crippen LogP contribution in [-0.4, -0.2) is 41.6 Å². The fraction of sp³-hybridized carbons (Fsp3) is 0.545. The van der Waals surface area contributed by atoms with E-state index in [-0.39, 0.29) is 0 Å². The lowest BCUT2D eigenvalue weighted by molar-refractivity contribution is 0.267. The summed E-state index contributed by atoms with van der Waals surface area (Å²) in [6.07, 6.45) is 1.86. The Labute approximate surface area is 85.4 Å². The van der Waals surface area contributed by atoms with E-state index in [4.69, 9.17) is 0 Å². The molecule has 0 radical (unpaired) electrons. The van der Waals surface area contributed by atoms with Gasteiger partial charge in [-0.15, -0.1) is 0 Å². The highest BCUT2D eigenvalue weighted by Crippen LogP contribution is 2.11. The zero-order chi connectivity index (χ0) is 9.97. The van der Waals surface area contributed by atoms with Gasteiger partial charge in [0.2, 0.25) is 0 Å². The van der Waals surface area contributed by atoms with Crippen LogP contribution >= 0.6 is 0 Å². The maximum atomic E-state index is 4.30. The standard InChI is InChI=1S/C11H17N3/c1-10-11(4-3-5-12-10)8-14-7-6-13(2)9-14/h3-5H,6-9H2,1-2H3. The lowest BCUT2D eigenvalue weighted by Gasteiger charge is -2.16. The average Bonchev–Trinajstić information content (AvgIpc) is 2.56. The molecule has 2 rings (SSSR count). The molecule has 0 saturated carbocycles. The normalized spacial score (nSPS) is 19.0. The molecule has 3 nitrogen and oxygen atoms in total. The third-order valence-electron chi connectivity index (χ3n) is 2.75. The van der Waals surface area contributed by atoms with Gasteiger partial charge < -0.3 is 0 Å². The molecule has 0 atom stereocenters. The Morgan fingerprint density at radius 1 is 1.43 bits per heavy atom. The maximum absolute atomic E-state index is 4.30. The van der Waals surface area contributed by atoms with Crippen LogP contribution in [0.5, 0.6) is 0 Å². The van der Waals surface area contributed by atoms with Crippen LogP contribution in [0.3, 0.4) is 0 Å². The van der Waals surface area contributed by atoms with E-state index in [9.17, 15) is 0 Å². The molecule has 1 aliphatic heterocycles. The molecule has 1 aromatic rings. The average molecular weight is 191 g/mol. The Bertz CT molecular complexity index is 311. The largest absolute Gasteiger partial charge is 0.292 e. The molecule has 1 aliphatic rings. The van der Waals surface area contributed by atoms with Crippen molar-refractivity contribution in [1.82, 2.24) is 14.8 Å². The van der Waals surface area contributed by atoms with E-state index in [1.165, 1.54) is 18.7 Å². The fourth-order valence-corrected chi connectivity index (χ4v) is 1.85. The monoisotopic (exact) mass is 191 g/mol. The SMILES string of the molecule is Cc1ncccc1CN1CCN(C)C1. The Kier molecular flexibility index (Phi) is 2.79. The summed E-state index contributed by atoms with van der Waals surface area (Å²) in [4.78, 5) is 9.09. The van der Waals surface area contributed by atoms with Crippen LogP contribution in [0.1, 0.15) is 11.3 Å². The highest BCUT2D eigenvalue weighted by molar-refractivity contribution is 5.18. The molecule has 1 saturated heterocycles. The molecule has 76 valence electrons. The van der Waals surface area contributed by atoms with E-state index in [1.54, 1.807) is 0 Å². The van der Waals surface area contributed by atoms with Crippen molar-refractivity contribution in [2.75, 3.05) is 26.8 Å². The molecule has 3 heteroatoms. The lowest BCUT2D eigenvalue weighted by atomic mass is 10.2. The van der Waals surface area contributed by atoms with E-state index in [1.807, 2.05) is 12.3 Å². The van der Waals surface area contributed by atoms with Crippen LogP contribution in [0.25, 0.3) is 0 Å². The van der Waals surface area contributed by atoms with Crippen LogP contribution in [0.2, 0.25) is 0 Å². The molecule has 0 aromatic carbocycles. The molecule has 0 bridgehead atoms. The molecular formula is C11H17N3. The number of hydrogen-bond acceptors (Lipinski definition) is 3. The Balaban J connectivity index is 2.01. The molecule has 1 fully saturated rings. The van der Waals surface area contributed by atoms with Gasteiger partial charge in [-0.05, 0) is 25.6 Å². The summed E-state index contributed by atoms with van der Waals surface area (Å²) in [6.45, 7) is 6.54. The van der Waals surface area contributed by atoms with Crippen molar-refractivity contribution in [3.05, 3.63) is 29.6 Å². The number of aromatic nitrogens is 1. The molecule has 1 aromatic heterocycles. The summed E-state index contributed by atoms with van der Waals surface area (Å²) in [7, 11) is 2.16. The third-order valence-corrected chi connectivity index (χ3v) is 2.75. The zero-order valence-electron chi connectivity index (χ0n) is 8.90. The van der Waals surface area contributed by atoms with Gasteiger partial charge >= 0.3 is 0 Å². The molecule has 0 amide bonds. The quantitative estimate of drug-likeness (QED) is 0.697. The van der Waals surface area contributed by atoms with Crippen LogP contribution in [0, 0.1) is 6.92 Å². The minimum absolute atomic E-state index is 1.03. The van der Waals surface area contributed by atoms with Crippen LogP contribution in [0.15, 0.2) is 18.3 Å². The summed E-state index contributed by atoms with van der Waals surface area (Å²) >= 11 is 0. The predicted molar refractivity (Wildman–Crippen MR) is 56.9 cm³/mol. The highest BCUT2D eigenvalue weighted by atomic mass is 15.4. The van der Waals surface area contributed by atoms with Crippen molar-refractivity contribution in [2.24, 2.45) is 0 Å². The van der Waals surface area contributed by atoms with Crippen LogP contribution in [0.4, 0.5) is 0 Å². The van der Waals surface area contributed by atoms with Gasteiger partial charge in [0.1, 0.15) is 0 Å². The van der Waals surface area contributed by atoms with Crippen molar-refractivity contribution in [3.8, 4) is 0 Å². The predicted octanol–water partition coefficient (Wildman–Crippen LogP) is 1.09. The van der Waals surface area contributed by atoms with E-state index in [0.717, 1.165) is 18.9 Å². The number of hydrogen-bond donors (Lipinski definition) is 0. The van der Waals surface area contributed by atoms with Gasteiger partial charge in [0.25, 0.3) is 0 Å². The van der Waals surface area contributed by atoms with Gasteiger partial charge in [0.15, 0.2) is 0 Å². The van der Waals surface area contributed by atoms with Crippen molar-refractivity contribution >= 4 is 0 Å². The molecule has 2 heterocycles. The van der Waals surface area contributed by atoms with Gasteiger partial charge in [-0.1, -0.05) is 6.07 Å². The molecule has 14 heavy (non-hydrogen) atoms. The van der Waals surface area contributed by atoms with Gasteiger partial charge in [0.05, 0.1) is 6.67 Å². The summed E-state index contributed by atoms with van der Waals surface area (Å²) in [5.74, 6) is 0. The Morgan fingerprint density at radius 3 is 2.93 bits per heavy atom. The topological polar surface area (TPSA) is 19.4 Å². The molecular weight excluding hydrogens is 174 g/mol. The first-order valence-electron chi connectivity index (χ1n) is 5.07. The minimum Gasteiger partial charge on any atom is -0.292 e. The zero-order valence-corrected chi connectivity index (χ0v) is 8.90. The number of likely N-dealkylation sites (N-methyl/N-ethyl adjacent to an activating group) is 1. The molecule has 0 unspecified atom stereocenters. The summed E-state index contributed by atoms with van der Waals surface area (Å²) < 4.78 is 0. The summed E-state index contributed by atoms with van der Waals surface area (Å²) in [6, 6.07) is 4.18. The van der Waals surface area contributed by atoms with Gasteiger partial charge in [0, 0.05) is 31.5 Å². The second-order valence-corrected chi connectivity index (χ2v) is 4.02. The smallest absolute Gasteiger partial charge is 0.0507 e. The Morgan fingerprint density at radius 2 is 2.29 bits per heavy atom. The summed E-state index contributed by atoms with van der Waals surface area (Å²) in [5.41, 5.74) is 2.50. The first-order valence-corrected chi connectivity index (χ1v) is 5.07. The third kappa shape index (κ3) is 2.11. The van der Waals surface area contributed by atoms with Crippen LogP contribution < -0.4 is 0 Å².